The number of hydrogen-bond donors (Lipinski definition) is 0. The zero-order chi connectivity index (χ0) is 23.1. The minimum atomic E-state index is -0.541. The molecule has 1 aromatic rings. The molecule has 32 heavy (non-hydrogen) atoms. The molecule has 0 N–H and O–H groups in total. The third-order valence-corrected chi connectivity index (χ3v) is 4.76. The Balaban J connectivity index is 1.80. The topological polar surface area (TPSA) is 69.7 Å². The molecule has 182 valence electrons. The van der Waals surface area contributed by atoms with Gasteiger partial charge in [-0.15, -0.1) is 0 Å². The van der Waals surface area contributed by atoms with Crippen LogP contribution in [0.1, 0.15) is 26.3 Å². The minimum Gasteiger partial charge on any atom is -0.444 e. The van der Waals surface area contributed by atoms with Crippen LogP contribution in [0.5, 0.6) is 0 Å². The van der Waals surface area contributed by atoms with E-state index in [4.69, 9.17) is 23.7 Å². The van der Waals surface area contributed by atoms with Crippen molar-refractivity contribution in [2.75, 3.05) is 79.0 Å². The molecule has 1 heterocycles. The van der Waals surface area contributed by atoms with E-state index in [0.29, 0.717) is 65.9 Å². The zero-order valence-electron chi connectivity index (χ0n) is 19.9. The number of benzene rings is 1. The first-order valence-electron chi connectivity index (χ1n) is 11.5. The van der Waals surface area contributed by atoms with Crippen LogP contribution in [0.4, 0.5) is 4.79 Å². The van der Waals surface area contributed by atoms with Gasteiger partial charge < -0.3 is 28.6 Å². The van der Waals surface area contributed by atoms with Crippen LogP contribution in [0.15, 0.2) is 30.3 Å². The summed E-state index contributed by atoms with van der Waals surface area (Å²) in [5.41, 5.74) is 0.733. The SMILES string of the molecule is CC(C)(C)OC(=O)N1CCOCCOCCN(Cc2ccccc2)CCOCCOCC1. The maximum absolute atomic E-state index is 12.4. The van der Waals surface area contributed by atoms with Gasteiger partial charge in [0, 0.05) is 32.7 Å². The lowest BCUT2D eigenvalue weighted by Crippen LogP contribution is -2.40. The highest BCUT2D eigenvalue weighted by atomic mass is 16.6. The van der Waals surface area contributed by atoms with Crippen molar-refractivity contribution in [1.29, 1.82) is 0 Å². The summed E-state index contributed by atoms with van der Waals surface area (Å²) in [7, 11) is 0. The van der Waals surface area contributed by atoms with E-state index in [1.165, 1.54) is 5.56 Å². The van der Waals surface area contributed by atoms with Crippen LogP contribution >= 0.6 is 0 Å². The van der Waals surface area contributed by atoms with Gasteiger partial charge in [-0.3, -0.25) is 4.90 Å². The number of nitrogens with zero attached hydrogens (tertiary/aromatic N) is 2. The van der Waals surface area contributed by atoms with Gasteiger partial charge in [-0.1, -0.05) is 30.3 Å². The average molecular weight is 453 g/mol. The molecular weight excluding hydrogens is 412 g/mol. The van der Waals surface area contributed by atoms with Crippen molar-refractivity contribution >= 4 is 6.09 Å². The first-order valence-corrected chi connectivity index (χ1v) is 11.5. The molecular formula is C24H40N2O6. The molecule has 1 aliphatic heterocycles. The maximum Gasteiger partial charge on any atom is 0.410 e. The van der Waals surface area contributed by atoms with Gasteiger partial charge in [-0.2, -0.15) is 0 Å². The summed E-state index contributed by atoms with van der Waals surface area (Å²) in [6, 6.07) is 10.4. The van der Waals surface area contributed by atoms with Crippen molar-refractivity contribution in [3.8, 4) is 0 Å². The fourth-order valence-electron chi connectivity index (χ4n) is 3.11. The number of carbonyl (C=O) groups excluding carboxylic acids is 1. The second kappa shape index (κ2) is 15.2. The highest BCUT2D eigenvalue weighted by Gasteiger charge is 2.21. The second-order valence-electron chi connectivity index (χ2n) is 8.68. The first kappa shape index (κ1) is 26.5. The Morgan fingerprint density at radius 3 is 1.72 bits per heavy atom. The molecule has 1 amide bonds. The van der Waals surface area contributed by atoms with E-state index in [1.54, 1.807) is 4.90 Å². The van der Waals surface area contributed by atoms with Crippen LogP contribution in [0, 0.1) is 0 Å². The standard InChI is InChI=1S/C24H40N2O6/c1-24(2,3)32-23(27)26-11-15-30-19-17-28-13-9-25(21-22-7-5-4-6-8-22)10-14-29-18-20-31-16-12-26/h4-8H,9-21H2,1-3H3. The number of hydrogen-bond acceptors (Lipinski definition) is 7. The number of carbonyl (C=O) groups is 1. The van der Waals surface area contributed by atoms with Crippen LogP contribution in [0.3, 0.4) is 0 Å². The van der Waals surface area contributed by atoms with Gasteiger partial charge in [-0.05, 0) is 26.3 Å². The molecule has 1 aliphatic rings. The van der Waals surface area contributed by atoms with Crippen molar-refractivity contribution < 1.29 is 28.5 Å². The van der Waals surface area contributed by atoms with Crippen molar-refractivity contribution in [2.45, 2.75) is 32.9 Å². The first-order chi connectivity index (χ1) is 15.4. The van der Waals surface area contributed by atoms with Crippen molar-refractivity contribution in [1.82, 2.24) is 9.80 Å². The molecule has 8 heteroatoms. The molecule has 1 saturated heterocycles. The fourth-order valence-corrected chi connectivity index (χ4v) is 3.11. The molecule has 0 aliphatic carbocycles. The van der Waals surface area contributed by atoms with Crippen LogP contribution in [0.25, 0.3) is 0 Å². The summed E-state index contributed by atoms with van der Waals surface area (Å²) < 4.78 is 28.3. The van der Waals surface area contributed by atoms with Crippen LogP contribution in [0.2, 0.25) is 0 Å². The van der Waals surface area contributed by atoms with Crippen molar-refractivity contribution in [2.24, 2.45) is 0 Å². The molecule has 2 rings (SSSR count). The van der Waals surface area contributed by atoms with E-state index < -0.39 is 5.60 Å². The molecule has 0 radical (unpaired) electrons. The van der Waals surface area contributed by atoms with Crippen LogP contribution in [-0.2, 0) is 30.2 Å². The molecule has 0 atom stereocenters. The summed E-state index contributed by atoms with van der Waals surface area (Å²) in [5, 5.41) is 0. The fraction of sp³-hybridized carbons (Fsp3) is 0.708. The normalized spacial score (nSPS) is 19.7. The molecule has 0 aromatic heterocycles. The van der Waals surface area contributed by atoms with Crippen LogP contribution in [-0.4, -0.2) is 101 Å². The molecule has 0 spiro atoms. The van der Waals surface area contributed by atoms with E-state index in [0.717, 1.165) is 19.6 Å². The largest absolute Gasteiger partial charge is 0.444 e. The predicted octanol–water partition coefficient (Wildman–Crippen LogP) is 2.81. The van der Waals surface area contributed by atoms with Crippen molar-refractivity contribution in [3.05, 3.63) is 35.9 Å². The highest BCUT2D eigenvalue weighted by Crippen LogP contribution is 2.10. The smallest absolute Gasteiger partial charge is 0.410 e. The van der Waals surface area contributed by atoms with E-state index in [9.17, 15) is 4.79 Å². The van der Waals surface area contributed by atoms with E-state index >= 15 is 0 Å². The Kier molecular flexibility index (Phi) is 12.6. The molecule has 8 nitrogen and oxygen atoms in total. The number of ether oxygens (including phenoxy) is 5. The van der Waals surface area contributed by atoms with Gasteiger partial charge in [0.25, 0.3) is 0 Å². The summed E-state index contributed by atoms with van der Waals surface area (Å²) in [6.45, 7) is 13.1. The van der Waals surface area contributed by atoms with E-state index in [-0.39, 0.29) is 6.09 Å². The minimum absolute atomic E-state index is 0.356. The Morgan fingerprint density at radius 1 is 0.781 bits per heavy atom. The predicted molar refractivity (Wildman–Crippen MR) is 123 cm³/mol. The Hall–Kier alpha value is -1.71. The summed E-state index contributed by atoms with van der Waals surface area (Å²) >= 11 is 0. The van der Waals surface area contributed by atoms with Crippen LogP contribution < -0.4 is 0 Å². The van der Waals surface area contributed by atoms with Gasteiger partial charge in [0.05, 0.1) is 52.9 Å². The van der Waals surface area contributed by atoms with Gasteiger partial charge in [0.1, 0.15) is 5.60 Å². The van der Waals surface area contributed by atoms with E-state index in [2.05, 4.69) is 29.2 Å². The summed E-state index contributed by atoms with van der Waals surface area (Å²) in [4.78, 5) is 16.4. The average Bonchev–Trinajstić information content (AvgIpc) is 2.74. The highest BCUT2D eigenvalue weighted by molar-refractivity contribution is 5.68. The van der Waals surface area contributed by atoms with Gasteiger partial charge >= 0.3 is 6.09 Å². The zero-order valence-corrected chi connectivity index (χ0v) is 19.9. The number of rotatable bonds is 2. The molecule has 0 unspecified atom stereocenters. The molecule has 1 fully saturated rings. The second-order valence-corrected chi connectivity index (χ2v) is 8.68. The lowest BCUT2D eigenvalue weighted by molar-refractivity contribution is -0.00672. The summed E-state index contributed by atoms with van der Waals surface area (Å²) in [6.07, 6.45) is -0.356. The van der Waals surface area contributed by atoms with E-state index in [1.807, 2.05) is 26.8 Å². The summed E-state index contributed by atoms with van der Waals surface area (Å²) in [5.74, 6) is 0. The lowest BCUT2D eigenvalue weighted by atomic mass is 10.2. The third-order valence-electron chi connectivity index (χ3n) is 4.76. The van der Waals surface area contributed by atoms with Gasteiger partial charge in [0.15, 0.2) is 0 Å². The van der Waals surface area contributed by atoms with Gasteiger partial charge in [0.2, 0.25) is 0 Å². The maximum atomic E-state index is 12.4. The number of amides is 1. The quantitative estimate of drug-likeness (QED) is 0.683. The van der Waals surface area contributed by atoms with Gasteiger partial charge in [-0.25, -0.2) is 4.79 Å². The molecule has 0 saturated carbocycles. The Labute approximate surface area is 192 Å². The Bertz CT molecular complexity index is 603. The Morgan fingerprint density at radius 2 is 1.25 bits per heavy atom. The molecule has 1 aromatic carbocycles. The third kappa shape index (κ3) is 12.4. The molecule has 0 bridgehead atoms. The van der Waals surface area contributed by atoms with Crippen molar-refractivity contribution in [3.63, 3.8) is 0 Å². The monoisotopic (exact) mass is 452 g/mol. The lowest BCUT2D eigenvalue weighted by Gasteiger charge is -2.27.